The van der Waals surface area contributed by atoms with Crippen molar-refractivity contribution in [2.75, 3.05) is 41.0 Å². The minimum absolute atomic E-state index is 0.0248. The Morgan fingerprint density at radius 1 is 1.10 bits per heavy atom. The van der Waals surface area contributed by atoms with Gasteiger partial charge in [0.25, 0.3) is 0 Å². The number of hydrogen-bond acceptors (Lipinski definition) is 7. The molecule has 5 saturated carbocycles. The van der Waals surface area contributed by atoms with Gasteiger partial charge in [-0.05, 0) is 31.7 Å². The van der Waals surface area contributed by atoms with Crippen LogP contribution in [-0.4, -0.2) is 97.3 Å². The molecule has 1 spiro atoms. The van der Waals surface area contributed by atoms with E-state index in [2.05, 4.69) is 11.8 Å². The van der Waals surface area contributed by atoms with Gasteiger partial charge >= 0.3 is 0 Å². The first kappa shape index (κ1) is 21.3. The van der Waals surface area contributed by atoms with Crippen molar-refractivity contribution in [3.05, 3.63) is 0 Å². The van der Waals surface area contributed by atoms with Crippen molar-refractivity contribution in [3.8, 4) is 0 Å². The van der Waals surface area contributed by atoms with Gasteiger partial charge in [-0.3, -0.25) is 4.90 Å². The van der Waals surface area contributed by atoms with Crippen LogP contribution < -0.4 is 0 Å². The zero-order valence-corrected chi connectivity index (χ0v) is 19.2. The van der Waals surface area contributed by atoms with Crippen LogP contribution in [0, 0.1) is 40.4 Å². The topological polar surface area (TPSA) is 91.6 Å². The first-order chi connectivity index (χ1) is 14.9. The molecule has 31 heavy (non-hydrogen) atoms. The molecule has 176 valence electrons. The summed E-state index contributed by atoms with van der Waals surface area (Å²) in [6, 6.07) is 0.0561. The van der Waals surface area contributed by atoms with Gasteiger partial charge in [-0.2, -0.15) is 0 Å². The molecule has 1 saturated heterocycles. The number of aliphatic hydroxyl groups excluding tert-OH is 2. The van der Waals surface area contributed by atoms with Crippen molar-refractivity contribution < 1.29 is 29.5 Å². The number of likely N-dealkylation sites (tertiary alicyclic amines) is 1. The molecule has 0 amide bonds. The Labute approximate surface area is 185 Å². The second kappa shape index (κ2) is 6.65. The maximum atomic E-state index is 12.5. The minimum atomic E-state index is -1.05. The van der Waals surface area contributed by atoms with Crippen LogP contribution in [0.4, 0.5) is 0 Å². The van der Waals surface area contributed by atoms with Crippen LogP contribution in [-0.2, 0) is 14.2 Å². The van der Waals surface area contributed by atoms with E-state index < -0.39 is 17.8 Å². The van der Waals surface area contributed by atoms with E-state index in [4.69, 9.17) is 14.2 Å². The SMILES string of the molecule is CCN1C[C@]2(COC)CCC(O)C34[C@@H]5C[C@@H]6C(O)[C@@H]5[C@](O)(C[C@@H]6OC)[C@@H](C(OC)[C@@H]32)[C@H]14. The van der Waals surface area contributed by atoms with Crippen LogP contribution in [0.1, 0.15) is 32.6 Å². The molecule has 1 heterocycles. The quantitative estimate of drug-likeness (QED) is 0.577. The Morgan fingerprint density at radius 2 is 1.87 bits per heavy atom. The second-order valence-electron chi connectivity index (χ2n) is 11.6. The predicted octanol–water partition coefficient (Wildman–Crippen LogP) is 0.502. The van der Waals surface area contributed by atoms with Gasteiger partial charge in [0.1, 0.15) is 0 Å². The van der Waals surface area contributed by atoms with Gasteiger partial charge in [-0.1, -0.05) is 6.92 Å². The van der Waals surface area contributed by atoms with Crippen molar-refractivity contribution in [2.45, 2.75) is 68.7 Å². The zero-order chi connectivity index (χ0) is 21.9. The molecule has 0 aromatic rings. The van der Waals surface area contributed by atoms with Crippen molar-refractivity contribution in [3.63, 3.8) is 0 Å². The molecule has 4 unspecified atom stereocenters. The summed E-state index contributed by atoms with van der Waals surface area (Å²) < 4.78 is 18.0. The van der Waals surface area contributed by atoms with E-state index in [-0.39, 0.29) is 58.7 Å². The van der Waals surface area contributed by atoms with Crippen LogP contribution in [0.25, 0.3) is 0 Å². The van der Waals surface area contributed by atoms with Crippen LogP contribution in [0.3, 0.4) is 0 Å². The smallest absolute Gasteiger partial charge is 0.0796 e. The highest BCUT2D eigenvalue weighted by atomic mass is 16.5. The molecule has 6 rings (SSSR count). The molecular weight excluding hydrogens is 398 g/mol. The lowest BCUT2D eigenvalue weighted by molar-refractivity contribution is -0.272. The Hall–Kier alpha value is -0.280. The number of rotatable bonds is 5. The summed E-state index contributed by atoms with van der Waals surface area (Å²) >= 11 is 0. The minimum Gasteiger partial charge on any atom is -0.392 e. The molecule has 0 aromatic heterocycles. The van der Waals surface area contributed by atoms with Crippen LogP contribution in [0.5, 0.6) is 0 Å². The van der Waals surface area contributed by atoms with Gasteiger partial charge < -0.3 is 29.5 Å². The lowest BCUT2D eigenvalue weighted by atomic mass is 9.43. The fourth-order valence-electron chi connectivity index (χ4n) is 10.7. The highest BCUT2D eigenvalue weighted by Gasteiger charge is 2.86. The Bertz CT molecular complexity index is 752. The molecule has 1 aliphatic heterocycles. The largest absolute Gasteiger partial charge is 0.392 e. The van der Waals surface area contributed by atoms with Gasteiger partial charge in [-0.25, -0.2) is 0 Å². The molecule has 0 aromatic carbocycles. The van der Waals surface area contributed by atoms with Gasteiger partial charge in [-0.15, -0.1) is 0 Å². The van der Waals surface area contributed by atoms with E-state index in [0.29, 0.717) is 13.0 Å². The zero-order valence-electron chi connectivity index (χ0n) is 19.2. The third-order valence-electron chi connectivity index (χ3n) is 11.1. The van der Waals surface area contributed by atoms with E-state index in [9.17, 15) is 15.3 Å². The summed E-state index contributed by atoms with van der Waals surface area (Å²) in [4.78, 5) is 2.52. The summed E-state index contributed by atoms with van der Waals surface area (Å²) in [5.74, 6) is -0.168. The second-order valence-corrected chi connectivity index (χ2v) is 11.6. The number of methoxy groups -OCH3 is 3. The maximum Gasteiger partial charge on any atom is 0.0796 e. The van der Waals surface area contributed by atoms with E-state index in [1.54, 1.807) is 21.3 Å². The molecule has 6 fully saturated rings. The Balaban J connectivity index is 1.62. The molecule has 3 N–H and O–H groups in total. The number of hydrogen-bond donors (Lipinski definition) is 3. The average molecular weight is 438 g/mol. The summed E-state index contributed by atoms with van der Waals surface area (Å²) in [6.45, 7) is 4.63. The Kier molecular flexibility index (Phi) is 4.56. The van der Waals surface area contributed by atoms with E-state index in [0.717, 1.165) is 32.4 Å². The first-order valence-electron chi connectivity index (χ1n) is 12.2. The third-order valence-corrected chi connectivity index (χ3v) is 11.1. The fourth-order valence-corrected chi connectivity index (χ4v) is 10.7. The average Bonchev–Trinajstić information content (AvgIpc) is 3.16. The van der Waals surface area contributed by atoms with E-state index >= 15 is 0 Å². The Morgan fingerprint density at radius 3 is 2.52 bits per heavy atom. The number of ether oxygens (including phenoxy) is 3. The van der Waals surface area contributed by atoms with Crippen molar-refractivity contribution in [1.82, 2.24) is 4.90 Å². The van der Waals surface area contributed by atoms with Crippen LogP contribution in [0.15, 0.2) is 0 Å². The maximum absolute atomic E-state index is 12.5. The van der Waals surface area contributed by atoms with Crippen molar-refractivity contribution in [1.29, 1.82) is 0 Å². The van der Waals surface area contributed by atoms with Crippen molar-refractivity contribution in [2.24, 2.45) is 40.4 Å². The predicted molar refractivity (Wildman–Crippen MR) is 112 cm³/mol. The third kappa shape index (κ3) is 2.12. The van der Waals surface area contributed by atoms with Crippen LogP contribution >= 0.6 is 0 Å². The summed E-state index contributed by atoms with van der Waals surface area (Å²) in [5.41, 5.74) is -1.54. The normalized spacial score (nSPS) is 61.6. The summed E-state index contributed by atoms with van der Waals surface area (Å²) in [6.07, 6.45) is 1.65. The van der Waals surface area contributed by atoms with Crippen LogP contribution in [0.2, 0.25) is 0 Å². The highest BCUT2D eigenvalue weighted by Crippen LogP contribution is 2.79. The molecular formula is C24H39NO6. The number of nitrogens with zero attached hydrogens (tertiary/aromatic N) is 1. The molecule has 5 aliphatic carbocycles. The molecule has 7 heteroatoms. The number of aliphatic hydroxyl groups is 3. The standard InChI is InChI=1S/C24H39NO6/c1-5-25-10-22(11-29-2)7-6-15(26)24-13-8-12-14(30-3)9-23(28,16(13)18(12)27)17(21(24)25)19(31-4)20(22)24/h12-21,26-28H,5-11H2,1-4H3/t12-,13+,14-,15?,16+,17-,18?,19?,20+,21-,22-,23+,24?/m0/s1. The number of fused-ring (bicyclic) bond motifs is 2. The lowest BCUT2D eigenvalue weighted by Gasteiger charge is -2.68. The van der Waals surface area contributed by atoms with Gasteiger partial charge in [0.05, 0.1) is 36.6 Å². The number of piperidine rings is 1. The molecule has 7 nitrogen and oxygen atoms in total. The van der Waals surface area contributed by atoms with Gasteiger partial charge in [0.15, 0.2) is 0 Å². The molecule has 13 atom stereocenters. The highest BCUT2D eigenvalue weighted by molar-refractivity contribution is 5.35. The van der Waals surface area contributed by atoms with Gasteiger partial charge in [0.2, 0.25) is 0 Å². The van der Waals surface area contributed by atoms with E-state index in [1.165, 1.54) is 0 Å². The molecule has 6 aliphatic rings. The monoisotopic (exact) mass is 437 g/mol. The summed E-state index contributed by atoms with van der Waals surface area (Å²) in [5, 5.41) is 35.7. The first-order valence-corrected chi connectivity index (χ1v) is 12.2. The summed E-state index contributed by atoms with van der Waals surface area (Å²) in [7, 11) is 5.24. The fraction of sp³-hybridized carbons (Fsp3) is 1.00. The molecule has 7 bridgehead atoms. The lowest BCUT2D eigenvalue weighted by Crippen LogP contribution is -2.76. The van der Waals surface area contributed by atoms with E-state index in [1.807, 2.05) is 0 Å². The molecule has 0 radical (unpaired) electrons. The van der Waals surface area contributed by atoms with Crippen molar-refractivity contribution >= 4 is 0 Å². The van der Waals surface area contributed by atoms with Gasteiger partial charge in [0, 0.05) is 74.8 Å².